The molecule has 2 heteroatoms. The number of hydrogen-bond donors (Lipinski definition) is 1. The quantitative estimate of drug-likeness (QED) is 0.798. The SMILES string of the molecule is CC[C@@H](CCc1ccccc1)Nc1ccccc1OC. The summed E-state index contributed by atoms with van der Waals surface area (Å²) in [5.41, 5.74) is 2.47. The lowest BCUT2D eigenvalue weighted by molar-refractivity contribution is 0.415. The molecule has 0 fully saturated rings. The standard InChI is InChI=1S/C18H23NO/c1-3-16(14-13-15-9-5-4-6-10-15)19-17-11-7-8-12-18(17)20-2/h4-12,16,19H,3,13-14H2,1-2H3/t16-/m0/s1. The van der Waals surface area contributed by atoms with E-state index < -0.39 is 0 Å². The Morgan fingerprint density at radius 1 is 1.00 bits per heavy atom. The molecule has 0 heterocycles. The Hall–Kier alpha value is -1.96. The Balaban J connectivity index is 1.95. The highest BCUT2D eigenvalue weighted by Gasteiger charge is 2.09. The zero-order valence-electron chi connectivity index (χ0n) is 12.3. The van der Waals surface area contributed by atoms with Gasteiger partial charge in [0.15, 0.2) is 0 Å². The number of para-hydroxylation sites is 2. The number of anilines is 1. The lowest BCUT2D eigenvalue weighted by Crippen LogP contribution is -2.19. The van der Waals surface area contributed by atoms with Crippen molar-refractivity contribution in [3.05, 3.63) is 60.2 Å². The fourth-order valence-corrected chi connectivity index (χ4v) is 2.35. The predicted molar refractivity (Wildman–Crippen MR) is 85.5 cm³/mol. The molecule has 2 aromatic rings. The van der Waals surface area contributed by atoms with Crippen molar-refractivity contribution in [2.24, 2.45) is 0 Å². The number of nitrogens with one attached hydrogen (secondary N) is 1. The van der Waals surface area contributed by atoms with Crippen LogP contribution in [0.1, 0.15) is 25.3 Å². The first-order chi connectivity index (χ1) is 9.83. The summed E-state index contributed by atoms with van der Waals surface area (Å²) in [4.78, 5) is 0. The van der Waals surface area contributed by atoms with E-state index in [9.17, 15) is 0 Å². The van der Waals surface area contributed by atoms with E-state index in [-0.39, 0.29) is 0 Å². The van der Waals surface area contributed by atoms with Crippen LogP contribution in [0, 0.1) is 0 Å². The number of rotatable bonds is 7. The average Bonchev–Trinajstić information content (AvgIpc) is 2.52. The summed E-state index contributed by atoms with van der Waals surface area (Å²) in [6, 6.07) is 19.2. The van der Waals surface area contributed by atoms with Crippen LogP contribution in [0.5, 0.6) is 5.75 Å². The minimum atomic E-state index is 0.464. The van der Waals surface area contributed by atoms with Gasteiger partial charge in [-0.1, -0.05) is 49.4 Å². The Bertz CT molecular complexity index is 510. The molecule has 0 spiro atoms. The van der Waals surface area contributed by atoms with E-state index in [1.165, 1.54) is 5.56 Å². The van der Waals surface area contributed by atoms with Crippen LogP contribution in [0.3, 0.4) is 0 Å². The van der Waals surface area contributed by atoms with Gasteiger partial charge in [0.2, 0.25) is 0 Å². The summed E-state index contributed by atoms with van der Waals surface area (Å²) in [6.07, 6.45) is 3.32. The molecule has 2 rings (SSSR count). The van der Waals surface area contributed by atoms with Gasteiger partial charge < -0.3 is 10.1 Å². The molecule has 1 N–H and O–H groups in total. The predicted octanol–water partition coefficient (Wildman–Crippen LogP) is 4.52. The minimum Gasteiger partial charge on any atom is -0.495 e. The van der Waals surface area contributed by atoms with Gasteiger partial charge in [-0.3, -0.25) is 0 Å². The van der Waals surface area contributed by atoms with Crippen molar-refractivity contribution >= 4 is 5.69 Å². The van der Waals surface area contributed by atoms with Crippen molar-refractivity contribution < 1.29 is 4.74 Å². The van der Waals surface area contributed by atoms with Gasteiger partial charge in [-0.2, -0.15) is 0 Å². The van der Waals surface area contributed by atoms with E-state index in [1.54, 1.807) is 7.11 Å². The maximum Gasteiger partial charge on any atom is 0.141 e. The third kappa shape index (κ3) is 4.02. The van der Waals surface area contributed by atoms with Crippen molar-refractivity contribution in [3.63, 3.8) is 0 Å². The molecular weight excluding hydrogens is 246 g/mol. The normalized spacial score (nSPS) is 11.9. The molecule has 2 aromatic carbocycles. The second kappa shape index (κ2) is 7.59. The molecule has 0 saturated carbocycles. The van der Waals surface area contributed by atoms with Gasteiger partial charge in [0.05, 0.1) is 12.8 Å². The Kier molecular flexibility index (Phi) is 5.48. The number of hydrogen-bond acceptors (Lipinski definition) is 2. The van der Waals surface area contributed by atoms with Gasteiger partial charge in [-0.15, -0.1) is 0 Å². The molecule has 0 aromatic heterocycles. The maximum atomic E-state index is 5.39. The van der Waals surface area contributed by atoms with Crippen LogP contribution in [0.25, 0.3) is 0 Å². The van der Waals surface area contributed by atoms with Crippen molar-refractivity contribution in [2.75, 3.05) is 12.4 Å². The Morgan fingerprint density at radius 3 is 2.40 bits per heavy atom. The fraction of sp³-hybridized carbons (Fsp3) is 0.333. The smallest absolute Gasteiger partial charge is 0.141 e. The number of benzene rings is 2. The topological polar surface area (TPSA) is 21.3 Å². The summed E-state index contributed by atoms with van der Waals surface area (Å²) in [6.45, 7) is 2.22. The van der Waals surface area contributed by atoms with E-state index in [0.29, 0.717) is 6.04 Å². The third-order valence-corrected chi connectivity index (χ3v) is 3.58. The van der Waals surface area contributed by atoms with E-state index in [0.717, 1.165) is 30.7 Å². The molecule has 0 amide bonds. The van der Waals surface area contributed by atoms with Gasteiger partial charge >= 0.3 is 0 Å². The summed E-state index contributed by atoms with van der Waals surface area (Å²) in [7, 11) is 1.71. The van der Waals surface area contributed by atoms with Crippen molar-refractivity contribution in [1.29, 1.82) is 0 Å². The highest BCUT2D eigenvalue weighted by molar-refractivity contribution is 5.56. The van der Waals surface area contributed by atoms with Crippen molar-refractivity contribution in [3.8, 4) is 5.75 Å². The molecule has 2 nitrogen and oxygen atoms in total. The third-order valence-electron chi connectivity index (χ3n) is 3.58. The molecule has 0 aliphatic carbocycles. The lowest BCUT2D eigenvalue weighted by Gasteiger charge is -2.20. The lowest BCUT2D eigenvalue weighted by atomic mass is 10.0. The second-order valence-corrected chi connectivity index (χ2v) is 4.97. The van der Waals surface area contributed by atoms with E-state index in [1.807, 2.05) is 18.2 Å². The van der Waals surface area contributed by atoms with Crippen LogP contribution >= 0.6 is 0 Å². The van der Waals surface area contributed by atoms with E-state index >= 15 is 0 Å². The van der Waals surface area contributed by atoms with Crippen LogP contribution in [0.15, 0.2) is 54.6 Å². The number of aryl methyl sites for hydroxylation is 1. The first-order valence-electron chi connectivity index (χ1n) is 7.27. The van der Waals surface area contributed by atoms with Gasteiger partial charge in [-0.25, -0.2) is 0 Å². The molecule has 1 atom stereocenters. The molecule has 0 unspecified atom stereocenters. The fourth-order valence-electron chi connectivity index (χ4n) is 2.35. The minimum absolute atomic E-state index is 0.464. The zero-order valence-corrected chi connectivity index (χ0v) is 12.3. The first-order valence-corrected chi connectivity index (χ1v) is 7.27. The summed E-state index contributed by atoms with van der Waals surface area (Å²) in [5.74, 6) is 0.908. The number of methoxy groups -OCH3 is 1. The van der Waals surface area contributed by atoms with Crippen LogP contribution in [-0.4, -0.2) is 13.2 Å². The van der Waals surface area contributed by atoms with Crippen molar-refractivity contribution in [1.82, 2.24) is 0 Å². The van der Waals surface area contributed by atoms with E-state index in [4.69, 9.17) is 4.74 Å². The molecule has 106 valence electrons. The number of ether oxygens (including phenoxy) is 1. The molecular formula is C18H23NO. The average molecular weight is 269 g/mol. The van der Waals surface area contributed by atoms with Gasteiger partial charge in [0, 0.05) is 6.04 Å². The highest BCUT2D eigenvalue weighted by atomic mass is 16.5. The highest BCUT2D eigenvalue weighted by Crippen LogP contribution is 2.25. The first kappa shape index (κ1) is 14.4. The molecule has 0 radical (unpaired) electrons. The molecule has 0 aliphatic rings. The molecule has 0 aliphatic heterocycles. The zero-order chi connectivity index (χ0) is 14.2. The summed E-state index contributed by atoms with van der Waals surface area (Å²) < 4.78 is 5.39. The van der Waals surface area contributed by atoms with Crippen LogP contribution in [0.2, 0.25) is 0 Å². The maximum absolute atomic E-state index is 5.39. The van der Waals surface area contributed by atoms with Gasteiger partial charge in [-0.05, 0) is 37.0 Å². The van der Waals surface area contributed by atoms with Crippen LogP contribution in [-0.2, 0) is 6.42 Å². The van der Waals surface area contributed by atoms with Gasteiger partial charge in [0.25, 0.3) is 0 Å². The Labute approximate surface area is 121 Å². The van der Waals surface area contributed by atoms with Crippen molar-refractivity contribution in [2.45, 2.75) is 32.2 Å². The molecule has 0 saturated heterocycles. The largest absolute Gasteiger partial charge is 0.495 e. The molecule has 20 heavy (non-hydrogen) atoms. The van der Waals surface area contributed by atoms with E-state index in [2.05, 4.69) is 48.6 Å². The summed E-state index contributed by atoms with van der Waals surface area (Å²) >= 11 is 0. The van der Waals surface area contributed by atoms with Crippen LogP contribution < -0.4 is 10.1 Å². The van der Waals surface area contributed by atoms with Crippen LogP contribution in [0.4, 0.5) is 5.69 Å². The summed E-state index contributed by atoms with van der Waals surface area (Å²) in [5, 5.41) is 3.59. The Morgan fingerprint density at radius 2 is 1.70 bits per heavy atom. The second-order valence-electron chi connectivity index (χ2n) is 4.97. The monoisotopic (exact) mass is 269 g/mol. The van der Waals surface area contributed by atoms with Gasteiger partial charge in [0.1, 0.15) is 5.75 Å². The molecule has 0 bridgehead atoms.